The number of amides is 1. The second-order valence-electron chi connectivity index (χ2n) is 6.58. The Morgan fingerprint density at radius 3 is 2.55 bits per heavy atom. The van der Waals surface area contributed by atoms with Crippen LogP contribution in [0.3, 0.4) is 0 Å². The van der Waals surface area contributed by atoms with Crippen molar-refractivity contribution in [1.82, 2.24) is 20.3 Å². The summed E-state index contributed by atoms with van der Waals surface area (Å²) >= 11 is 5.23. The molecule has 7 nitrogen and oxygen atoms in total. The Labute approximate surface area is 175 Å². The molecule has 0 aliphatic carbocycles. The van der Waals surface area contributed by atoms with Crippen molar-refractivity contribution in [3.63, 3.8) is 0 Å². The van der Waals surface area contributed by atoms with Crippen molar-refractivity contribution in [3.05, 3.63) is 42.5 Å². The van der Waals surface area contributed by atoms with E-state index in [9.17, 15) is 4.79 Å². The van der Waals surface area contributed by atoms with Crippen molar-refractivity contribution in [1.29, 1.82) is 0 Å². The van der Waals surface area contributed by atoms with Gasteiger partial charge in [0.25, 0.3) is 0 Å². The summed E-state index contributed by atoms with van der Waals surface area (Å²) < 4.78 is 5.46. The number of unbranched alkanes of at least 4 members (excludes halogenated alkanes) is 2. The number of benzene rings is 2. The standard InChI is InChI=1S/C21H25N5O2S/c1-3-5-6-7-20(27)23-21(29)22-15-8-13-18-19(14-15)25-26(24-18)16-9-11-17(12-10-16)28-4-2/h8-14H,3-7H2,1-2H3,(H2,22,23,27,29). The summed E-state index contributed by atoms with van der Waals surface area (Å²) in [6, 6.07) is 13.2. The van der Waals surface area contributed by atoms with E-state index in [2.05, 4.69) is 27.8 Å². The molecule has 0 radical (unpaired) electrons. The molecule has 29 heavy (non-hydrogen) atoms. The number of fused-ring (bicyclic) bond motifs is 1. The summed E-state index contributed by atoms with van der Waals surface area (Å²) in [5, 5.41) is 15.1. The number of rotatable bonds is 8. The molecule has 8 heteroatoms. The third kappa shape index (κ3) is 5.74. The molecule has 0 aliphatic rings. The Balaban J connectivity index is 1.65. The van der Waals surface area contributed by atoms with Crippen LogP contribution in [-0.2, 0) is 4.79 Å². The van der Waals surface area contributed by atoms with Gasteiger partial charge in [0.1, 0.15) is 16.8 Å². The minimum Gasteiger partial charge on any atom is -0.494 e. The van der Waals surface area contributed by atoms with E-state index in [0.717, 1.165) is 47.4 Å². The zero-order valence-corrected chi connectivity index (χ0v) is 17.5. The SMILES string of the molecule is CCCCCC(=O)NC(=S)Nc1ccc2nn(-c3ccc(OCC)cc3)nc2c1. The third-order valence-corrected chi connectivity index (χ3v) is 4.48. The number of carbonyl (C=O) groups is 1. The van der Waals surface area contributed by atoms with E-state index in [-0.39, 0.29) is 11.0 Å². The van der Waals surface area contributed by atoms with Crippen LogP contribution in [0.1, 0.15) is 39.5 Å². The van der Waals surface area contributed by atoms with Crippen molar-refractivity contribution >= 4 is 40.0 Å². The number of thiocarbonyl (C=S) groups is 1. The number of nitrogens with zero attached hydrogens (tertiary/aromatic N) is 3. The fraction of sp³-hybridized carbons (Fsp3) is 0.333. The summed E-state index contributed by atoms with van der Waals surface area (Å²) in [6.45, 7) is 4.68. The number of nitrogens with one attached hydrogen (secondary N) is 2. The van der Waals surface area contributed by atoms with Crippen LogP contribution in [0.15, 0.2) is 42.5 Å². The van der Waals surface area contributed by atoms with Gasteiger partial charge in [-0.3, -0.25) is 4.79 Å². The Morgan fingerprint density at radius 1 is 1.07 bits per heavy atom. The summed E-state index contributed by atoms with van der Waals surface area (Å²) in [4.78, 5) is 13.5. The number of ether oxygens (including phenoxy) is 1. The lowest BCUT2D eigenvalue weighted by atomic mass is 10.2. The molecule has 0 bridgehead atoms. The molecule has 0 aliphatic heterocycles. The van der Waals surface area contributed by atoms with Gasteiger partial charge in [-0.1, -0.05) is 19.8 Å². The molecule has 152 valence electrons. The zero-order chi connectivity index (χ0) is 20.6. The average Bonchev–Trinajstić information content (AvgIpc) is 3.12. The Kier molecular flexibility index (Phi) is 7.13. The maximum absolute atomic E-state index is 11.9. The molecule has 0 spiro atoms. The largest absolute Gasteiger partial charge is 0.494 e. The molecule has 1 aromatic heterocycles. The van der Waals surface area contributed by atoms with Crippen LogP contribution >= 0.6 is 12.2 Å². The molecular formula is C21H25N5O2S. The first-order chi connectivity index (χ1) is 14.1. The lowest BCUT2D eigenvalue weighted by molar-refractivity contribution is -0.119. The first kappa shape index (κ1) is 20.7. The summed E-state index contributed by atoms with van der Waals surface area (Å²) in [5.74, 6) is 0.739. The average molecular weight is 412 g/mol. The van der Waals surface area contributed by atoms with Gasteiger partial charge < -0.3 is 15.4 Å². The summed E-state index contributed by atoms with van der Waals surface area (Å²) in [5.41, 5.74) is 3.07. The van der Waals surface area contributed by atoms with Crippen LogP contribution < -0.4 is 15.4 Å². The first-order valence-corrected chi connectivity index (χ1v) is 10.2. The second kappa shape index (κ2) is 9.97. The molecule has 3 aromatic rings. The number of aromatic nitrogens is 3. The van der Waals surface area contributed by atoms with E-state index < -0.39 is 0 Å². The van der Waals surface area contributed by atoms with Crippen LogP contribution in [0.25, 0.3) is 16.7 Å². The van der Waals surface area contributed by atoms with Gasteiger partial charge in [-0.25, -0.2) is 0 Å². The van der Waals surface area contributed by atoms with E-state index in [1.807, 2.05) is 49.4 Å². The highest BCUT2D eigenvalue weighted by Crippen LogP contribution is 2.19. The monoisotopic (exact) mass is 411 g/mol. The van der Waals surface area contributed by atoms with Crippen LogP contribution in [0.4, 0.5) is 5.69 Å². The highest BCUT2D eigenvalue weighted by atomic mass is 32.1. The second-order valence-corrected chi connectivity index (χ2v) is 6.99. The summed E-state index contributed by atoms with van der Waals surface area (Å²) in [6.07, 6.45) is 3.46. The molecule has 3 rings (SSSR count). The van der Waals surface area contributed by atoms with Gasteiger partial charge in [0.15, 0.2) is 5.11 Å². The van der Waals surface area contributed by atoms with Gasteiger partial charge in [-0.15, -0.1) is 10.2 Å². The van der Waals surface area contributed by atoms with E-state index in [1.165, 1.54) is 0 Å². The maximum Gasteiger partial charge on any atom is 0.226 e. The lowest BCUT2D eigenvalue weighted by Crippen LogP contribution is -2.33. The predicted molar refractivity (Wildman–Crippen MR) is 119 cm³/mol. The highest BCUT2D eigenvalue weighted by Gasteiger charge is 2.08. The third-order valence-electron chi connectivity index (χ3n) is 4.28. The fourth-order valence-electron chi connectivity index (χ4n) is 2.84. The predicted octanol–water partition coefficient (Wildman–Crippen LogP) is 4.21. The molecule has 2 N–H and O–H groups in total. The minimum absolute atomic E-state index is 0.0709. The first-order valence-electron chi connectivity index (χ1n) is 9.80. The quantitative estimate of drug-likeness (QED) is 0.427. The number of anilines is 1. The van der Waals surface area contributed by atoms with E-state index >= 15 is 0 Å². The van der Waals surface area contributed by atoms with Crippen LogP contribution in [0.2, 0.25) is 0 Å². The number of carbonyl (C=O) groups excluding carboxylic acids is 1. The smallest absolute Gasteiger partial charge is 0.226 e. The zero-order valence-electron chi connectivity index (χ0n) is 16.6. The Hall–Kier alpha value is -3.00. The number of hydrogen-bond donors (Lipinski definition) is 2. The molecule has 0 saturated heterocycles. The van der Waals surface area contributed by atoms with Gasteiger partial charge in [0.2, 0.25) is 5.91 Å². The van der Waals surface area contributed by atoms with Crippen LogP contribution in [0, 0.1) is 0 Å². The van der Waals surface area contributed by atoms with E-state index in [1.54, 1.807) is 4.80 Å². The fourth-order valence-corrected chi connectivity index (χ4v) is 3.07. The molecule has 0 unspecified atom stereocenters. The van der Waals surface area contributed by atoms with Crippen molar-refractivity contribution in [3.8, 4) is 11.4 Å². The van der Waals surface area contributed by atoms with Crippen molar-refractivity contribution in [2.45, 2.75) is 39.5 Å². The van der Waals surface area contributed by atoms with Crippen LogP contribution in [0.5, 0.6) is 5.75 Å². The van der Waals surface area contributed by atoms with Gasteiger partial charge in [-0.05, 0) is 68.0 Å². The molecule has 1 amide bonds. The molecule has 2 aromatic carbocycles. The Morgan fingerprint density at radius 2 is 1.83 bits per heavy atom. The normalized spacial score (nSPS) is 10.7. The van der Waals surface area contributed by atoms with Crippen molar-refractivity contribution < 1.29 is 9.53 Å². The topological polar surface area (TPSA) is 81.1 Å². The molecule has 0 saturated carbocycles. The van der Waals surface area contributed by atoms with Gasteiger partial charge in [0, 0.05) is 12.1 Å². The molecular weight excluding hydrogens is 386 g/mol. The lowest BCUT2D eigenvalue weighted by Gasteiger charge is -2.09. The van der Waals surface area contributed by atoms with Gasteiger partial charge in [-0.2, -0.15) is 4.80 Å². The van der Waals surface area contributed by atoms with Gasteiger partial charge >= 0.3 is 0 Å². The Bertz CT molecular complexity index is 984. The highest BCUT2D eigenvalue weighted by molar-refractivity contribution is 7.80. The molecule has 0 atom stereocenters. The maximum atomic E-state index is 11.9. The molecule has 0 fully saturated rings. The van der Waals surface area contributed by atoms with Crippen LogP contribution in [-0.4, -0.2) is 32.6 Å². The summed E-state index contributed by atoms with van der Waals surface area (Å²) in [7, 11) is 0. The van der Waals surface area contributed by atoms with Crippen molar-refractivity contribution in [2.75, 3.05) is 11.9 Å². The van der Waals surface area contributed by atoms with E-state index in [4.69, 9.17) is 17.0 Å². The van der Waals surface area contributed by atoms with Gasteiger partial charge in [0.05, 0.1) is 12.3 Å². The molecule has 1 heterocycles. The minimum atomic E-state index is -0.0709. The number of hydrogen-bond acceptors (Lipinski definition) is 5. The van der Waals surface area contributed by atoms with E-state index in [0.29, 0.717) is 13.0 Å². The van der Waals surface area contributed by atoms with Crippen molar-refractivity contribution in [2.24, 2.45) is 0 Å².